The summed E-state index contributed by atoms with van der Waals surface area (Å²) >= 11 is 0.410. The predicted molar refractivity (Wildman–Crippen MR) is 62.0 cm³/mol. The molecule has 0 saturated carbocycles. The highest BCUT2D eigenvalue weighted by Crippen LogP contribution is 2.36. The Labute approximate surface area is 105 Å². The smallest absolute Gasteiger partial charge is 0.398 e. The molecule has 7 heteroatoms. The summed E-state index contributed by atoms with van der Waals surface area (Å²) in [7, 11) is 0. The van der Waals surface area contributed by atoms with E-state index in [9.17, 15) is 18.3 Å². The maximum Gasteiger partial charge on any atom is 0.443 e. The van der Waals surface area contributed by atoms with Crippen molar-refractivity contribution in [3.63, 3.8) is 0 Å². The van der Waals surface area contributed by atoms with Gasteiger partial charge in [0.15, 0.2) is 5.01 Å². The van der Waals surface area contributed by atoms with Gasteiger partial charge in [0.1, 0.15) is 6.10 Å². The number of benzene rings is 1. The molecule has 0 radical (unpaired) electrons. The van der Waals surface area contributed by atoms with Crippen LogP contribution in [0.25, 0.3) is 0 Å². The van der Waals surface area contributed by atoms with E-state index >= 15 is 0 Å². The van der Waals surface area contributed by atoms with Crippen molar-refractivity contribution >= 4 is 17.0 Å². The minimum atomic E-state index is -4.50. The SMILES string of the molecule is Nc1ccccc1C(O)c1cnc(C(F)(F)F)s1. The molecule has 1 aromatic carbocycles. The first-order valence-corrected chi connectivity index (χ1v) is 5.76. The van der Waals surface area contributed by atoms with Gasteiger partial charge in [0.25, 0.3) is 0 Å². The Bertz CT molecular complexity index is 553. The van der Waals surface area contributed by atoms with Crippen molar-refractivity contribution in [2.24, 2.45) is 0 Å². The summed E-state index contributed by atoms with van der Waals surface area (Å²) in [4.78, 5) is 3.37. The number of aliphatic hydroxyl groups excluding tert-OH is 1. The zero-order chi connectivity index (χ0) is 13.3. The highest BCUT2D eigenvalue weighted by molar-refractivity contribution is 7.11. The molecule has 1 heterocycles. The van der Waals surface area contributed by atoms with Gasteiger partial charge in [-0.15, -0.1) is 11.3 Å². The second kappa shape index (κ2) is 4.58. The zero-order valence-corrected chi connectivity index (χ0v) is 9.79. The maximum absolute atomic E-state index is 12.4. The van der Waals surface area contributed by atoms with Gasteiger partial charge in [-0.1, -0.05) is 18.2 Å². The number of thiazole rings is 1. The number of aromatic nitrogens is 1. The molecule has 1 unspecified atom stereocenters. The van der Waals surface area contributed by atoms with Crippen LogP contribution in [0, 0.1) is 0 Å². The first-order chi connectivity index (χ1) is 8.39. The first-order valence-electron chi connectivity index (χ1n) is 4.95. The van der Waals surface area contributed by atoms with Gasteiger partial charge in [0.05, 0.1) is 4.88 Å². The molecule has 0 aliphatic rings. The number of nitrogens with two attached hydrogens (primary N) is 1. The Hall–Kier alpha value is -1.60. The van der Waals surface area contributed by atoms with Crippen LogP contribution in [-0.2, 0) is 6.18 Å². The van der Waals surface area contributed by atoms with Crippen LogP contribution in [0.3, 0.4) is 0 Å². The van der Waals surface area contributed by atoms with Crippen LogP contribution in [0.4, 0.5) is 18.9 Å². The van der Waals surface area contributed by atoms with E-state index in [4.69, 9.17) is 5.73 Å². The molecular weight excluding hydrogens is 265 g/mol. The minimum Gasteiger partial charge on any atom is -0.398 e. The van der Waals surface area contributed by atoms with Crippen molar-refractivity contribution in [1.82, 2.24) is 4.98 Å². The Morgan fingerprint density at radius 2 is 1.94 bits per heavy atom. The molecule has 0 bridgehead atoms. The average Bonchev–Trinajstić information content (AvgIpc) is 2.77. The Kier molecular flexibility index (Phi) is 3.27. The number of nitrogens with zero attached hydrogens (tertiary/aromatic N) is 1. The number of para-hydroxylation sites is 1. The molecule has 0 saturated heterocycles. The van der Waals surface area contributed by atoms with Gasteiger partial charge < -0.3 is 10.8 Å². The normalized spacial score (nSPS) is 13.6. The average molecular weight is 274 g/mol. The van der Waals surface area contributed by atoms with Crippen LogP contribution in [0.2, 0.25) is 0 Å². The fourth-order valence-corrected chi connectivity index (χ4v) is 2.25. The van der Waals surface area contributed by atoms with Crippen LogP contribution >= 0.6 is 11.3 Å². The highest BCUT2D eigenvalue weighted by Gasteiger charge is 2.35. The summed E-state index contributed by atoms with van der Waals surface area (Å²) < 4.78 is 37.2. The molecule has 3 N–H and O–H groups in total. The first kappa shape index (κ1) is 12.8. The number of hydrogen-bond acceptors (Lipinski definition) is 4. The van der Waals surface area contributed by atoms with Crippen molar-refractivity contribution in [3.05, 3.63) is 45.9 Å². The molecule has 2 aromatic rings. The maximum atomic E-state index is 12.4. The summed E-state index contributed by atoms with van der Waals surface area (Å²) in [6.07, 6.45) is -4.67. The largest absolute Gasteiger partial charge is 0.443 e. The van der Waals surface area contributed by atoms with Crippen molar-refractivity contribution in [1.29, 1.82) is 0 Å². The standard InChI is InChI=1S/C11H9F3N2OS/c12-11(13,14)10-16-5-8(18-10)9(17)6-3-1-2-4-7(6)15/h1-5,9,17H,15H2. The molecule has 1 aromatic heterocycles. The van der Waals surface area contributed by atoms with Gasteiger partial charge in [0, 0.05) is 17.4 Å². The summed E-state index contributed by atoms with van der Waals surface area (Å²) in [6.45, 7) is 0. The summed E-state index contributed by atoms with van der Waals surface area (Å²) in [5.41, 5.74) is 6.35. The summed E-state index contributed by atoms with van der Waals surface area (Å²) in [5, 5.41) is 8.99. The quantitative estimate of drug-likeness (QED) is 0.828. The van der Waals surface area contributed by atoms with E-state index in [1.165, 1.54) is 0 Å². The van der Waals surface area contributed by atoms with Crippen LogP contribution in [0.15, 0.2) is 30.5 Å². The molecule has 96 valence electrons. The fraction of sp³-hybridized carbons (Fsp3) is 0.182. The van der Waals surface area contributed by atoms with Crippen LogP contribution < -0.4 is 5.73 Å². The van der Waals surface area contributed by atoms with Crippen molar-refractivity contribution in [3.8, 4) is 0 Å². The van der Waals surface area contributed by atoms with Gasteiger partial charge in [-0.05, 0) is 6.07 Å². The number of nitrogen functional groups attached to an aromatic ring is 1. The number of hydrogen-bond donors (Lipinski definition) is 2. The topological polar surface area (TPSA) is 59.1 Å². The number of halogens is 3. The van der Waals surface area contributed by atoms with E-state index in [1.807, 2.05) is 0 Å². The molecule has 0 fully saturated rings. The lowest BCUT2D eigenvalue weighted by Gasteiger charge is -2.10. The van der Waals surface area contributed by atoms with Gasteiger partial charge >= 0.3 is 6.18 Å². The Morgan fingerprint density at radius 1 is 1.28 bits per heavy atom. The van der Waals surface area contributed by atoms with Gasteiger partial charge in [-0.3, -0.25) is 0 Å². The fourth-order valence-electron chi connectivity index (χ4n) is 1.46. The zero-order valence-electron chi connectivity index (χ0n) is 8.98. The van der Waals surface area contributed by atoms with Crippen LogP contribution in [0.5, 0.6) is 0 Å². The van der Waals surface area contributed by atoms with E-state index in [1.54, 1.807) is 24.3 Å². The molecule has 18 heavy (non-hydrogen) atoms. The molecular formula is C11H9F3N2OS. The molecule has 3 nitrogen and oxygen atoms in total. The third-order valence-corrected chi connectivity index (χ3v) is 3.42. The number of rotatable bonds is 2. The third kappa shape index (κ3) is 2.46. The number of anilines is 1. The lowest BCUT2D eigenvalue weighted by molar-refractivity contribution is -0.137. The summed E-state index contributed by atoms with van der Waals surface area (Å²) in [5.74, 6) is 0. The second-order valence-corrected chi connectivity index (χ2v) is 4.66. The monoisotopic (exact) mass is 274 g/mol. The predicted octanol–water partition coefficient (Wildman–Crippen LogP) is 2.83. The lowest BCUT2D eigenvalue weighted by Crippen LogP contribution is -2.03. The minimum absolute atomic E-state index is 0.111. The number of aliphatic hydroxyl groups is 1. The van der Waals surface area contributed by atoms with E-state index in [-0.39, 0.29) is 4.88 Å². The van der Waals surface area contributed by atoms with E-state index < -0.39 is 17.3 Å². The van der Waals surface area contributed by atoms with Crippen LogP contribution in [-0.4, -0.2) is 10.1 Å². The molecule has 2 rings (SSSR count). The third-order valence-electron chi connectivity index (χ3n) is 2.33. The molecule has 0 aliphatic heterocycles. The van der Waals surface area contributed by atoms with Gasteiger partial charge in [-0.2, -0.15) is 13.2 Å². The molecule has 0 amide bonds. The molecule has 1 atom stereocenters. The van der Waals surface area contributed by atoms with E-state index in [2.05, 4.69) is 4.98 Å². The van der Waals surface area contributed by atoms with E-state index in [0.29, 0.717) is 22.6 Å². The van der Waals surface area contributed by atoms with Gasteiger partial charge in [0.2, 0.25) is 0 Å². The second-order valence-electron chi connectivity index (χ2n) is 3.60. The van der Waals surface area contributed by atoms with Gasteiger partial charge in [-0.25, -0.2) is 4.98 Å². The summed E-state index contributed by atoms with van der Waals surface area (Å²) in [6, 6.07) is 6.47. The Balaban J connectivity index is 2.33. The lowest BCUT2D eigenvalue weighted by atomic mass is 10.1. The van der Waals surface area contributed by atoms with Crippen molar-refractivity contribution in [2.75, 3.05) is 5.73 Å². The molecule has 0 aliphatic carbocycles. The Morgan fingerprint density at radius 3 is 2.50 bits per heavy atom. The highest BCUT2D eigenvalue weighted by atomic mass is 32.1. The molecule has 0 spiro atoms. The number of alkyl halides is 3. The van der Waals surface area contributed by atoms with Crippen LogP contribution in [0.1, 0.15) is 21.6 Å². The van der Waals surface area contributed by atoms with E-state index in [0.717, 1.165) is 6.20 Å². The van der Waals surface area contributed by atoms with Crippen molar-refractivity contribution in [2.45, 2.75) is 12.3 Å². The van der Waals surface area contributed by atoms with Crippen molar-refractivity contribution < 1.29 is 18.3 Å².